The van der Waals surface area contributed by atoms with Gasteiger partial charge in [-0.2, -0.15) is 4.98 Å². The van der Waals surface area contributed by atoms with Crippen molar-refractivity contribution in [3.8, 4) is 0 Å². The first-order valence-corrected chi connectivity index (χ1v) is 7.81. The highest BCUT2D eigenvalue weighted by molar-refractivity contribution is 6.35. The normalized spacial score (nSPS) is 11.2. The molecule has 5 nitrogen and oxygen atoms in total. The van der Waals surface area contributed by atoms with Gasteiger partial charge in [0.25, 0.3) is 5.56 Å². The lowest BCUT2D eigenvalue weighted by atomic mass is 10.3. The standard InChI is InChI=1S/C16H14Cl2N4O/c1-9(2)22-14(23)4-3-10-8-19-16(21-15(10)22)20-13-6-11(17)5-12(18)7-13/h3-9H,1-2H3,(H,19,20,21). The van der Waals surface area contributed by atoms with Crippen LogP contribution in [0.3, 0.4) is 0 Å². The van der Waals surface area contributed by atoms with Crippen LogP contribution in [0.5, 0.6) is 0 Å². The molecule has 1 N–H and O–H groups in total. The number of nitrogens with zero attached hydrogens (tertiary/aromatic N) is 3. The number of fused-ring (bicyclic) bond motifs is 1. The zero-order valence-corrected chi connectivity index (χ0v) is 14.1. The molecule has 0 saturated carbocycles. The summed E-state index contributed by atoms with van der Waals surface area (Å²) in [6.07, 6.45) is 1.68. The number of pyridine rings is 1. The van der Waals surface area contributed by atoms with Crippen molar-refractivity contribution in [2.75, 3.05) is 5.32 Å². The van der Waals surface area contributed by atoms with Crippen LogP contribution in [0.4, 0.5) is 11.6 Å². The lowest BCUT2D eigenvalue weighted by Gasteiger charge is -2.13. The van der Waals surface area contributed by atoms with Crippen molar-refractivity contribution >= 4 is 45.9 Å². The van der Waals surface area contributed by atoms with Gasteiger partial charge in [0, 0.05) is 39.4 Å². The smallest absolute Gasteiger partial charge is 0.252 e. The van der Waals surface area contributed by atoms with Crippen molar-refractivity contribution in [1.29, 1.82) is 0 Å². The second-order valence-electron chi connectivity index (χ2n) is 5.39. The van der Waals surface area contributed by atoms with Crippen molar-refractivity contribution in [2.24, 2.45) is 0 Å². The van der Waals surface area contributed by atoms with Gasteiger partial charge >= 0.3 is 0 Å². The molecule has 0 fully saturated rings. The molecule has 3 rings (SSSR count). The summed E-state index contributed by atoms with van der Waals surface area (Å²) < 4.78 is 1.63. The summed E-state index contributed by atoms with van der Waals surface area (Å²) in [6.45, 7) is 3.87. The number of hydrogen-bond donors (Lipinski definition) is 1. The number of aromatic nitrogens is 3. The van der Waals surface area contributed by atoms with E-state index in [4.69, 9.17) is 23.2 Å². The van der Waals surface area contributed by atoms with Gasteiger partial charge in [-0.1, -0.05) is 23.2 Å². The Labute approximate surface area is 142 Å². The van der Waals surface area contributed by atoms with Gasteiger partial charge in [-0.3, -0.25) is 9.36 Å². The van der Waals surface area contributed by atoms with Crippen LogP contribution in [0, 0.1) is 0 Å². The van der Waals surface area contributed by atoms with Gasteiger partial charge in [0.15, 0.2) is 0 Å². The Kier molecular flexibility index (Phi) is 4.24. The highest BCUT2D eigenvalue weighted by atomic mass is 35.5. The Morgan fingerprint density at radius 2 is 1.83 bits per heavy atom. The summed E-state index contributed by atoms with van der Waals surface area (Å²) in [5, 5.41) is 4.88. The van der Waals surface area contributed by atoms with E-state index in [2.05, 4.69) is 15.3 Å². The van der Waals surface area contributed by atoms with Crippen LogP contribution in [0.15, 0.2) is 41.3 Å². The van der Waals surface area contributed by atoms with Crippen molar-refractivity contribution in [3.63, 3.8) is 0 Å². The number of benzene rings is 1. The highest BCUT2D eigenvalue weighted by Crippen LogP contribution is 2.24. The van der Waals surface area contributed by atoms with Crippen LogP contribution in [-0.2, 0) is 0 Å². The van der Waals surface area contributed by atoms with Crippen LogP contribution >= 0.6 is 23.2 Å². The Bertz CT molecular complexity index is 917. The molecule has 0 saturated heterocycles. The molecule has 0 bridgehead atoms. The highest BCUT2D eigenvalue weighted by Gasteiger charge is 2.10. The third-order valence-electron chi connectivity index (χ3n) is 3.30. The van der Waals surface area contributed by atoms with Gasteiger partial charge < -0.3 is 5.32 Å². The maximum atomic E-state index is 12.1. The summed E-state index contributed by atoms with van der Waals surface area (Å²) in [5.74, 6) is 0.371. The first-order valence-electron chi connectivity index (χ1n) is 7.05. The largest absolute Gasteiger partial charge is 0.324 e. The number of halogens is 2. The summed E-state index contributed by atoms with van der Waals surface area (Å²) in [7, 11) is 0. The first-order chi connectivity index (χ1) is 10.9. The van der Waals surface area contributed by atoms with Crippen molar-refractivity contribution < 1.29 is 0 Å². The topological polar surface area (TPSA) is 59.8 Å². The molecular weight excluding hydrogens is 335 g/mol. The van der Waals surface area contributed by atoms with Gasteiger partial charge in [0.2, 0.25) is 5.95 Å². The molecule has 118 valence electrons. The molecule has 0 aliphatic rings. The second kappa shape index (κ2) is 6.18. The zero-order valence-electron chi connectivity index (χ0n) is 12.5. The number of anilines is 2. The average Bonchev–Trinajstić information content (AvgIpc) is 2.45. The summed E-state index contributed by atoms with van der Waals surface area (Å²) >= 11 is 12.0. The molecule has 7 heteroatoms. The summed E-state index contributed by atoms with van der Waals surface area (Å²) in [5.41, 5.74) is 1.16. The first kappa shape index (κ1) is 15.8. The Hall–Kier alpha value is -2.11. The van der Waals surface area contributed by atoms with E-state index in [-0.39, 0.29) is 11.6 Å². The number of hydrogen-bond acceptors (Lipinski definition) is 4. The number of nitrogens with one attached hydrogen (secondary N) is 1. The molecule has 0 unspecified atom stereocenters. The lowest BCUT2D eigenvalue weighted by Crippen LogP contribution is -2.22. The van der Waals surface area contributed by atoms with Gasteiger partial charge in [0.05, 0.1) is 0 Å². The molecule has 1 aromatic carbocycles. The fraction of sp³-hybridized carbons (Fsp3) is 0.188. The van der Waals surface area contributed by atoms with Crippen LogP contribution < -0.4 is 10.9 Å². The van der Waals surface area contributed by atoms with Gasteiger partial charge in [-0.25, -0.2) is 4.98 Å². The van der Waals surface area contributed by atoms with E-state index in [1.807, 2.05) is 13.8 Å². The zero-order chi connectivity index (χ0) is 16.6. The van der Waals surface area contributed by atoms with E-state index in [1.165, 1.54) is 6.07 Å². The van der Waals surface area contributed by atoms with Crippen molar-refractivity contribution in [2.45, 2.75) is 19.9 Å². The minimum Gasteiger partial charge on any atom is -0.324 e. The van der Waals surface area contributed by atoms with E-state index in [0.717, 1.165) is 5.39 Å². The van der Waals surface area contributed by atoms with Crippen LogP contribution in [0.25, 0.3) is 11.0 Å². The van der Waals surface area contributed by atoms with Gasteiger partial charge in [0.1, 0.15) is 5.65 Å². The van der Waals surface area contributed by atoms with Crippen LogP contribution in [0.1, 0.15) is 19.9 Å². The molecule has 0 radical (unpaired) electrons. The third kappa shape index (κ3) is 3.30. The summed E-state index contributed by atoms with van der Waals surface area (Å²) in [6, 6.07) is 8.33. The Balaban J connectivity index is 2.09. The predicted molar refractivity (Wildman–Crippen MR) is 93.9 cm³/mol. The van der Waals surface area contributed by atoms with Gasteiger partial charge in [-0.05, 0) is 38.1 Å². The Morgan fingerprint density at radius 1 is 1.13 bits per heavy atom. The average molecular weight is 349 g/mol. The quantitative estimate of drug-likeness (QED) is 0.760. The van der Waals surface area contributed by atoms with Gasteiger partial charge in [-0.15, -0.1) is 0 Å². The van der Waals surface area contributed by atoms with Crippen LogP contribution in [0.2, 0.25) is 10.0 Å². The predicted octanol–water partition coefficient (Wildman–Crippen LogP) is 4.42. The Morgan fingerprint density at radius 3 is 2.48 bits per heavy atom. The van der Waals surface area contributed by atoms with E-state index in [0.29, 0.717) is 27.3 Å². The maximum Gasteiger partial charge on any atom is 0.252 e. The fourth-order valence-electron chi connectivity index (χ4n) is 2.35. The second-order valence-corrected chi connectivity index (χ2v) is 6.26. The minimum atomic E-state index is -0.0945. The minimum absolute atomic E-state index is 0.00503. The molecule has 3 aromatic rings. The molecule has 0 aliphatic heterocycles. The molecule has 2 aromatic heterocycles. The van der Waals surface area contributed by atoms with E-state index in [9.17, 15) is 4.79 Å². The molecule has 0 atom stereocenters. The third-order valence-corrected chi connectivity index (χ3v) is 3.74. The van der Waals surface area contributed by atoms with Crippen molar-refractivity contribution in [3.05, 3.63) is 56.9 Å². The molecular formula is C16H14Cl2N4O. The van der Waals surface area contributed by atoms with Crippen molar-refractivity contribution in [1.82, 2.24) is 14.5 Å². The van der Waals surface area contributed by atoms with E-state index < -0.39 is 0 Å². The number of rotatable bonds is 3. The van der Waals surface area contributed by atoms with E-state index in [1.54, 1.807) is 35.0 Å². The molecule has 0 spiro atoms. The molecule has 0 aliphatic carbocycles. The molecule has 2 heterocycles. The monoisotopic (exact) mass is 348 g/mol. The SMILES string of the molecule is CC(C)n1c(=O)ccc2cnc(Nc3cc(Cl)cc(Cl)c3)nc21. The summed E-state index contributed by atoms with van der Waals surface area (Å²) in [4.78, 5) is 20.8. The molecule has 0 amide bonds. The molecule has 23 heavy (non-hydrogen) atoms. The van der Waals surface area contributed by atoms with E-state index >= 15 is 0 Å². The maximum absolute atomic E-state index is 12.1. The van der Waals surface area contributed by atoms with Crippen LogP contribution in [-0.4, -0.2) is 14.5 Å². The lowest BCUT2D eigenvalue weighted by molar-refractivity contribution is 0.595. The fourth-order valence-corrected chi connectivity index (χ4v) is 2.88.